The second kappa shape index (κ2) is 6.96. The topological polar surface area (TPSA) is 84.0 Å². The summed E-state index contributed by atoms with van der Waals surface area (Å²) in [4.78, 5) is 33.5. The van der Waals surface area contributed by atoms with Gasteiger partial charge in [-0.1, -0.05) is 6.07 Å². The van der Waals surface area contributed by atoms with E-state index >= 15 is 0 Å². The minimum atomic E-state index is -0.622. The molecule has 2 N–H and O–H groups in total. The molecule has 2 aromatic heterocycles. The molecule has 28 heavy (non-hydrogen) atoms. The Morgan fingerprint density at radius 1 is 1.00 bits per heavy atom. The second-order valence-corrected chi connectivity index (χ2v) is 8.00. The van der Waals surface area contributed by atoms with Gasteiger partial charge in [0.25, 0.3) is 11.8 Å². The summed E-state index contributed by atoms with van der Waals surface area (Å²) in [5, 5.41) is 6.19. The Bertz CT molecular complexity index is 920. The van der Waals surface area contributed by atoms with Gasteiger partial charge in [-0.3, -0.25) is 14.6 Å². The first-order valence-electron chi connectivity index (χ1n) is 9.60. The summed E-state index contributed by atoms with van der Waals surface area (Å²) in [5.41, 5.74) is 0.00428. The molecular formula is C21H23FN4O2. The predicted octanol–water partition coefficient (Wildman–Crippen LogP) is 2.93. The van der Waals surface area contributed by atoms with Crippen molar-refractivity contribution in [3.63, 3.8) is 0 Å². The molecule has 6 nitrogen and oxygen atoms in total. The first-order chi connectivity index (χ1) is 13.4. The number of nitrogens with one attached hydrogen (secondary N) is 2. The molecule has 2 aliphatic rings. The molecule has 146 valence electrons. The normalized spacial score (nSPS) is 25.9. The summed E-state index contributed by atoms with van der Waals surface area (Å²) in [6.45, 7) is 1.73. The quantitative estimate of drug-likeness (QED) is 0.852. The van der Waals surface area contributed by atoms with Crippen molar-refractivity contribution in [1.82, 2.24) is 20.6 Å². The van der Waals surface area contributed by atoms with Gasteiger partial charge >= 0.3 is 0 Å². The minimum Gasteiger partial charge on any atom is -0.345 e. The zero-order valence-electron chi connectivity index (χ0n) is 15.8. The van der Waals surface area contributed by atoms with Gasteiger partial charge in [-0.15, -0.1) is 0 Å². The van der Waals surface area contributed by atoms with Crippen LogP contribution in [0.4, 0.5) is 4.39 Å². The first-order valence-corrected chi connectivity index (χ1v) is 9.60. The van der Waals surface area contributed by atoms with Gasteiger partial charge < -0.3 is 10.6 Å². The summed E-state index contributed by atoms with van der Waals surface area (Å²) < 4.78 is 14.1. The lowest BCUT2D eigenvalue weighted by Gasteiger charge is -2.40. The smallest absolute Gasteiger partial charge is 0.273 e. The number of hydrogen-bond acceptors (Lipinski definition) is 4. The summed E-state index contributed by atoms with van der Waals surface area (Å²) in [6, 6.07) is 8.04. The standard InChI is InChI=1S/C21H23FN4O2/c1-14-6-7-15(22)17(24-14)19(28)26-21-9-4-8-20(13-21,10-11-21)25-18(27)16-5-2-3-12-23-16/h2-3,5-7,12H,4,8-11,13H2,1H3,(H,25,27)(H,26,28)/t20-,21+/m0/s1. The third-order valence-electron chi connectivity index (χ3n) is 5.92. The van der Waals surface area contributed by atoms with E-state index in [1.165, 1.54) is 6.07 Å². The molecule has 2 saturated carbocycles. The number of fused-ring (bicyclic) bond motifs is 2. The van der Waals surface area contributed by atoms with Crippen LogP contribution < -0.4 is 10.6 Å². The molecule has 0 radical (unpaired) electrons. The Balaban J connectivity index is 1.50. The summed E-state index contributed by atoms with van der Waals surface area (Å²) >= 11 is 0. The maximum Gasteiger partial charge on any atom is 0.273 e. The molecule has 2 heterocycles. The van der Waals surface area contributed by atoms with Crippen LogP contribution >= 0.6 is 0 Å². The fraction of sp³-hybridized carbons (Fsp3) is 0.429. The van der Waals surface area contributed by atoms with Crippen LogP contribution in [0.5, 0.6) is 0 Å². The highest BCUT2D eigenvalue weighted by Crippen LogP contribution is 2.48. The molecule has 0 aliphatic heterocycles. The van der Waals surface area contributed by atoms with E-state index in [9.17, 15) is 14.0 Å². The van der Waals surface area contributed by atoms with Crippen LogP contribution in [-0.4, -0.2) is 32.9 Å². The number of rotatable bonds is 4. The van der Waals surface area contributed by atoms with Crippen molar-refractivity contribution in [2.24, 2.45) is 0 Å². The second-order valence-electron chi connectivity index (χ2n) is 8.00. The number of carbonyl (C=O) groups excluding carboxylic acids is 2. The van der Waals surface area contributed by atoms with Crippen molar-refractivity contribution < 1.29 is 14.0 Å². The Hall–Kier alpha value is -2.83. The summed E-state index contributed by atoms with van der Waals surface area (Å²) in [5.74, 6) is -1.31. The number of halogens is 1. The molecule has 2 aliphatic carbocycles. The van der Waals surface area contributed by atoms with Crippen LogP contribution in [-0.2, 0) is 0 Å². The Morgan fingerprint density at radius 3 is 2.39 bits per heavy atom. The SMILES string of the molecule is Cc1ccc(F)c(C(=O)N[C@]23CCC[C@](NC(=O)c4ccccn4)(CC2)C3)n1. The molecule has 0 aromatic carbocycles. The molecule has 2 atom stereocenters. The number of carbonyl (C=O) groups is 2. The molecule has 0 spiro atoms. The average Bonchev–Trinajstić information content (AvgIpc) is 2.93. The monoisotopic (exact) mass is 382 g/mol. The van der Waals surface area contributed by atoms with E-state index in [-0.39, 0.29) is 17.1 Å². The fourth-order valence-electron chi connectivity index (χ4n) is 4.63. The average molecular weight is 382 g/mol. The van der Waals surface area contributed by atoms with Crippen LogP contribution in [0.25, 0.3) is 0 Å². The summed E-state index contributed by atoms with van der Waals surface area (Å²) in [7, 11) is 0. The van der Waals surface area contributed by atoms with Crippen LogP contribution in [0.3, 0.4) is 0 Å². The number of aromatic nitrogens is 2. The molecule has 4 rings (SSSR count). The van der Waals surface area contributed by atoms with E-state index in [2.05, 4.69) is 20.6 Å². The largest absolute Gasteiger partial charge is 0.345 e. The number of hydrogen-bond donors (Lipinski definition) is 2. The van der Waals surface area contributed by atoms with Gasteiger partial charge in [0, 0.05) is 23.0 Å². The molecule has 0 saturated heterocycles. The highest BCUT2D eigenvalue weighted by atomic mass is 19.1. The lowest BCUT2D eigenvalue weighted by molar-refractivity contribution is 0.0824. The van der Waals surface area contributed by atoms with Crippen molar-refractivity contribution in [2.45, 2.75) is 56.5 Å². The number of amides is 2. The Kier molecular flexibility index (Phi) is 4.61. The minimum absolute atomic E-state index is 0.171. The summed E-state index contributed by atoms with van der Waals surface area (Å²) in [6.07, 6.45) is 6.30. The molecule has 2 amide bonds. The van der Waals surface area contributed by atoms with Gasteiger partial charge in [0.05, 0.1) is 0 Å². The molecule has 2 bridgehead atoms. The van der Waals surface area contributed by atoms with Gasteiger partial charge in [0.2, 0.25) is 0 Å². The lowest BCUT2D eigenvalue weighted by atomic mass is 9.78. The maximum absolute atomic E-state index is 14.1. The van der Waals surface area contributed by atoms with E-state index < -0.39 is 17.3 Å². The van der Waals surface area contributed by atoms with Crippen molar-refractivity contribution in [1.29, 1.82) is 0 Å². The van der Waals surface area contributed by atoms with Gasteiger partial charge in [0.15, 0.2) is 11.5 Å². The Labute approximate surface area is 163 Å². The predicted molar refractivity (Wildman–Crippen MR) is 101 cm³/mol. The first kappa shape index (κ1) is 18.5. The third-order valence-corrected chi connectivity index (χ3v) is 5.92. The van der Waals surface area contributed by atoms with E-state index in [0.717, 1.165) is 32.1 Å². The zero-order chi connectivity index (χ0) is 19.8. The van der Waals surface area contributed by atoms with Crippen LogP contribution in [0, 0.1) is 12.7 Å². The van der Waals surface area contributed by atoms with Gasteiger partial charge in [-0.05, 0) is 69.7 Å². The van der Waals surface area contributed by atoms with Gasteiger partial charge in [0.1, 0.15) is 5.69 Å². The number of aryl methyl sites for hydroxylation is 1. The molecule has 2 fully saturated rings. The molecular weight excluding hydrogens is 359 g/mol. The number of pyridine rings is 2. The van der Waals surface area contributed by atoms with Crippen LogP contribution in [0.2, 0.25) is 0 Å². The van der Waals surface area contributed by atoms with Crippen molar-refractivity contribution in [3.05, 3.63) is 59.4 Å². The van der Waals surface area contributed by atoms with Gasteiger partial charge in [-0.25, -0.2) is 9.37 Å². The van der Waals surface area contributed by atoms with E-state index in [4.69, 9.17) is 0 Å². The zero-order valence-corrected chi connectivity index (χ0v) is 15.8. The van der Waals surface area contributed by atoms with Crippen LogP contribution in [0.1, 0.15) is 65.2 Å². The maximum atomic E-state index is 14.1. The van der Waals surface area contributed by atoms with E-state index in [1.54, 1.807) is 37.4 Å². The molecule has 0 unspecified atom stereocenters. The highest BCUT2D eigenvalue weighted by Gasteiger charge is 2.52. The van der Waals surface area contributed by atoms with E-state index in [0.29, 0.717) is 17.8 Å². The van der Waals surface area contributed by atoms with Crippen molar-refractivity contribution in [3.8, 4) is 0 Å². The third kappa shape index (κ3) is 3.48. The van der Waals surface area contributed by atoms with Gasteiger partial charge in [-0.2, -0.15) is 0 Å². The van der Waals surface area contributed by atoms with E-state index in [1.807, 2.05) is 0 Å². The van der Waals surface area contributed by atoms with Crippen LogP contribution in [0.15, 0.2) is 36.5 Å². The lowest BCUT2D eigenvalue weighted by Crippen LogP contribution is -2.55. The molecule has 7 heteroatoms. The highest BCUT2D eigenvalue weighted by molar-refractivity contribution is 5.94. The van der Waals surface area contributed by atoms with Crippen molar-refractivity contribution in [2.75, 3.05) is 0 Å². The Morgan fingerprint density at radius 2 is 1.71 bits per heavy atom. The van der Waals surface area contributed by atoms with Crippen molar-refractivity contribution >= 4 is 11.8 Å². The fourth-order valence-corrected chi connectivity index (χ4v) is 4.63. The number of nitrogens with zero attached hydrogens (tertiary/aromatic N) is 2. The molecule has 2 aromatic rings.